The van der Waals surface area contributed by atoms with Crippen LogP contribution in [0.15, 0.2) is 18.2 Å². The molecule has 1 aliphatic heterocycles. The van der Waals surface area contributed by atoms with Crippen LogP contribution in [0.2, 0.25) is 0 Å². The Kier molecular flexibility index (Phi) is 5.06. The van der Waals surface area contributed by atoms with Crippen molar-refractivity contribution in [3.63, 3.8) is 0 Å². The monoisotopic (exact) mass is 318 g/mol. The normalized spacial score (nSPS) is 18.9. The largest absolute Gasteiger partial charge is 0.454 e. The maximum Gasteiger partial charge on any atom is 0.231 e. The number of benzene rings is 1. The highest BCUT2D eigenvalue weighted by atomic mass is 16.7. The van der Waals surface area contributed by atoms with Gasteiger partial charge in [-0.15, -0.1) is 0 Å². The number of rotatable bonds is 5. The van der Waals surface area contributed by atoms with Crippen molar-refractivity contribution in [3.05, 3.63) is 23.8 Å². The van der Waals surface area contributed by atoms with E-state index >= 15 is 0 Å². The van der Waals surface area contributed by atoms with Gasteiger partial charge in [0.25, 0.3) is 0 Å². The molecule has 0 spiro atoms. The summed E-state index contributed by atoms with van der Waals surface area (Å²) in [6.07, 6.45) is 5.68. The Morgan fingerprint density at radius 1 is 1.22 bits per heavy atom. The summed E-state index contributed by atoms with van der Waals surface area (Å²) in [5, 5.41) is 3.15. The van der Waals surface area contributed by atoms with Crippen LogP contribution in [-0.2, 0) is 4.79 Å². The van der Waals surface area contributed by atoms with E-state index in [1.807, 2.05) is 32.3 Å². The predicted octanol–water partition coefficient (Wildman–Crippen LogP) is 2.71. The summed E-state index contributed by atoms with van der Waals surface area (Å²) < 4.78 is 10.8. The maximum absolute atomic E-state index is 12.4. The first-order valence-electron chi connectivity index (χ1n) is 8.49. The summed E-state index contributed by atoms with van der Waals surface area (Å²) in [5.74, 6) is 1.98. The number of carbonyl (C=O) groups excluding carboxylic acids is 1. The molecule has 23 heavy (non-hydrogen) atoms. The molecule has 1 amide bonds. The van der Waals surface area contributed by atoms with Gasteiger partial charge in [0.1, 0.15) is 0 Å². The maximum atomic E-state index is 12.4. The van der Waals surface area contributed by atoms with Gasteiger partial charge in [-0.25, -0.2) is 0 Å². The Balaban J connectivity index is 1.63. The van der Waals surface area contributed by atoms with Crippen molar-refractivity contribution in [1.29, 1.82) is 0 Å². The molecule has 3 rings (SSSR count). The summed E-state index contributed by atoms with van der Waals surface area (Å²) in [6, 6.07) is 6.12. The van der Waals surface area contributed by atoms with E-state index in [0.29, 0.717) is 6.54 Å². The highest BCUT2D eigenvalue weighted by Gasteiger charge is 2.24. The summed E-state index contributed by atoms with van der Waals surface area (Å²) in [4.78, 5) is 14.5. The number of amides is 1. The first-order chi connectivity index (χ1) is 11.1. The zero-order chi connectivity index (χ0) is 16.2. The SMILES string of the molecule is CN(C)C(CNC(=O)C1CCCCC1)c1ccc2c(c1)OCO2. The molecule has 0 radical (unpaired) electrons. The van der Waals surface area contributed by atoms with Gasteiger partial charge in [-0.2, -0.15) is 0 Å². The Hall–Kier alpha value is -1.75. The van der Waals surface area contributed by atoms with E-state index in [0.717, 1.165) is 29.9 Å². The minimum Gasteiger partial charge on any atom is -0.454 e. The van der Waals surface area contributed by atoms with Crippen LogP contribution in [0.5, 0.6) is 11.5 Å². The van der Waals surface area contributed by atoms with E-state index in [2.05, 4.69) is 10.2 Å². The lowest BCUT2D eigenvalue weighted by atomic mass is 9.88. The number of ether oxygens (including phenoxy) is 2. The quantitative estimate of drug-likeness (QED) is 0.907. The predicted molar refractivity (Wildman–Crippen MR) is 88.6 cm³/mol. The molecule has 0 saturated heterocycles. The highest BCUT2D eigenvalue weighted by molar-refractivity contribution is 5.78. The highest BCUT2D eigenvalue weighted by Crippen LogP contribution is 2.35. The summed E-state index contributed by atoms with van der Waals surface area (Å²) >= 11 is 0. The molecule has 1 aromatic rings. The first-order valence-corrected chi connectivity index (χ1v) is 8.49. The van der Waals surface area contributed by atoms with Crippen LogP contribution < -0.4 is 14.8 Å². The average molecular weight is 318 g/mol. The number of likely N-dealkylation sites (N-methyl/N-ethyl adjacent to an activating group) is 1. The molecule has 1 atom stereocenters. The molecule has 1 unspecified atom stereocenters. The van der Waals surface area contributed by atoms with Gasteiger partial charge in [0.05, 0.1) is 6.04 Å². The molecule has 5 heteroatoms. The number of fused-ring (bicyclic) bond motifs is 1. The van der Waals surface area contributed by atoms with Gasteiger partial charge in [0, 0.05) is 12.5 Å². The van der Waals surface area contributed by atoms with Gasteiger partial charge in [0.15, 0.2) is 11.5 Å². The number of nitrogens with one attached hydrogen (secondary N) is 1. The van der Waals surface area contributed by atoms with Crippen molar-refractivity contribution < 1.29 is 14.3 Å². The van der Waals surface area contributed by atoms with E-state index in [9.17, 15) is 4.79 Å². The molecule has 2 aliphatic rings. The second kappa shape index (κ2) is 7.21. The van der Waals surface area contributed by atoms with E-state index < -0.39 is 0 Å². The molecule has 1 aromatic carbocycles. The molecule has 1 heterocycles. The summed E-state index contributed by atoms with van der Waals surface area (Å²) in [5.41, 5.74) is 1.13. The second-order valence-corrected chi connectivity index (χ2v) is 6.67. The fourth-order valence-corrected chi connectivity index (χ4v) is 3.43. The van der Waals surface area contributed by atoms with Gasteiger partial charge in [-0.05, 0) is 44.6 Å². The molecule has 0 aromatic heterocycles. The van der Waals surface area contributed by atoms with Crippen molar-refractivity contribution in [2.75, 3.05) is 27.4 Å². The van der Waals surface area contributed by atoms with Gasteiger partial charge in [0.2, 0.25) is 12.7 Å². The summed E-state index contributed by atoms with van der Waals surface area (Å²) in [7, 11) is 4.06. The lowest BCUT2D eigenvalue weighted by Gasteiger charge is -2.27. The topological polar surface area (TPSA) is 50.8 Å². The average Bonchev–Trinajstić information content (AvgIpc) is 3.03. The van der Waals surface area contributed by atoms with Crippen LogP contribution >= 0.6 is 0 Å². The number of hydrogen-bond acceptors (Lipinski definition) is 4. The summed E-state index contributed by atoms with van der Waals surface area (Å²) in [6.45, 7) is 0.895. The van der Waals surface area contributed by atoms with Crippen molar-refractivity contribution in [1.82, 2.24) is 10.2 Å². The molecule has 1 saturated carbocycles. The zero-order valence-corrected chi connectivity index (χ0v) is 14.0. The fourth-order valence-electron chi connectivity index (χ4n) is 3.43. The van der Waals surface area contributed by atoms with Crippen LogP contribution in [0.25, 0.3) is 0 Å². The third-order valence-corrected chi connectivity index (χ3v) is 4.85. The molecular formula is C18H26N2O3. The van der Waals surface area contributed by atoms with Gasteiger partial charge in [-0.3, -0.25) is 4.79 Å². The van der Waals surface area contributed by atoms with Crippen molar-refractivity contribution in [2.24, 2.45) is 5.92 Å². The molecule has 1 aliphatic carbocycles. The Morgan fingerprint density at radius 3 is 2.70 bits per heavy atom. The lowest BCUT2D eigenvalue weighted by molar-refractivity contribution is -0.126. The van der Waals surface area contributed by atoms with Gasteiger partial charge >= 0.3 is 0 Å². The number of carbonyl (C=O) groups is 1. The van der Waals surface area contributed by atoms with Crippen molar-refractivity contribution in [3.8, 4) is 11.5 Å². The van der Waals surface area contributed by atoms with E-state index in [4.69, 9.17) is 9.47 Å². The molecule has 126 valence electrons. The third kappa shape index (κ3) is 3.78. The second-order valence-electron chi connectivity index (χ2n) is 6.67. The molecule has 1 fully saturated rings. The minimum atomic E-state index is 0.122. The van der Waals surface area contributed by atoms with Crippen LogP contribution in [0.1, 0.15) is 43.7 Å². The molecule has 1 N–H and O–H groups in total. The molecule has 5 nitrogen and oxygen atoms in total. The molecular weight excluding hydrogens is 292 g/mol. The van der Waals surface area contributed by atoms with Crippen LogP contribution in [0.4, 0.5) is 0 Å². The van der Waals surface area contributed by atoms with Crippen LogP contribution in [0, 0.1) is 5.92 Å². The lowest BCUT2D eigenvalue weighted by Crippen LogP contribution is -2.38. The van der Waals surface area contributed by atoms with Crippen molar-refractivity contribution in [2.45, 2.75) is 38.1 Å². The Labute approximate surface area is 137 Å². The van der Waals surface area contributed by atoms with Gasteiger partial charge < -0.3 is 19.7 Å². The van der Waals surface area contributed by atoms with E-state index in [1.54, 1.807) is 0 Å². The van der Waals surface area contributed by atoms with Gasteiger partial charge in [-0.1, -0.05) is 25.3 Å². The zero-order valence-electron chi connectivity index (χ0n) is 14.0. The Morgan fingerprint density at radius 2 is 1.96 bits per heavy atom. The van der Waals surface area contributed by atoms with E-state index in [-0.39, 0.29) is 24.7 Å². The number of nitrogens with zero attached hydrogens (tertiary/aromatic N) is 1. The number of hydrogen-bond donors (Lipinski definition) is 1. The smallest absolute Gasteiger partial charge is 0.231 e. The molecule has 0 bridgehead atoms. The van der Waals surface area contributed by atoms with E-state index in [1.165, 1.54) is 19.3 Å². The van der Waals surface area contributed by atoms with Crippen LogP contribution in [-0.4, -0.2) is 38.2 Å². The third-order valence-electron chi connectivity index (χ3n) is 4.85. The van der Waals surface area contributed by atoms with Crippen molar-refractivity contribution >= 4 is 5.91 Å². The van der Waals surface area contributed by atoms with Crippen LogP contribution in [0.3, 0.4) is 0 Å². The Bertz CT molecular complexity index is 553. The fraction of sp³-hybridized carbons (Fsp3) is 0.611. The first kappa shape index (κ1) is 16.1. The minimum absolute atomic E-state index is 0.122. The standard InChI is InChI=1S/C18H26N2O3/c1-20(2)15(11-19-18(21)13-6-4-3-5-7-13)14-8-9-16-17(10-14)23-12-22-16/h8-10,13,15H,3-7,11-12H2,1-2H3,(H,19,21).